The van der Waals surface area contributed by atoms with Gasteiger partial charge in [0.2, 0.25) is 5.91 Å². The Kier molecular flexibility index (Phi) is 5.67. The Morgan fingerprint density at radius 3 is 2.36 bits per heavy atom. The summed E-state index contributed by atoms with van der Waals surface area (Å²) in [6, 6.07) is 12.1. The molecule has 0 aliphatic carbocycles. The van der Waals surface area contributed by atoms with Crippen molar-refractivity contribution in [2.45, 2.75) is 31.0 Å². The summed E-state index contributed by atoms with van der Waals surface area (Å²) in [6.45, 7) is -0.0767. The molecule has 1 fully saturated rings. The minimum absolute atomic E-state index is 0.0767. The number of ether oxygens (including phenoxy) is 1. The third-order valence-corrected chi connectivity index (χ3v) is 4.59. The topological polar surface area (TPSA) is 46.6 Å². The molecule has 148 valence electrons. The van der Waals surface area contributed by atoms with E-state index in [1.54, 1.807) is 30.3 Å². The number of carbonyl (C=O) groups excluding carboxylic acids is 2. The summed E-state index contributed by atoms with van der Waals surface area (Å²) in [5.41, 5.74) is 0.587. The number of imide groups is 1. The third-order valence-electron chi connectivity index (χ3n) is 4.59. The van der Waals surface area contributed by atoms with Gasteiger partial charge in [-0.25, -0.2) is 14.1 Å². The Hall–Kier alpha value is -2.90. The van der Waals surface area contributed by atoms with E-state index in [2.05, 4.69) is 0 Å². The number of hydrogen-bond acceptors (Lipinski definition) is 3. The number of halogens is 4. The van der Waals surface area contributed by atoms with Gasteiger partial charge in [-0.3, -0.25) is 4.79 Å². The molecular weight excluding hydrogens is 378 g/mol. The number of cyclic esters (lactones) is 1. The molecule has 1 saturated heterocycles. The maximum absolute atomic E-state index is 13.5. The largest absolute Gasteiger partial charge is 0.447 e. The molecule has 1 aliphatic rings. The Balaban J connectivity index is 1.79. The van der Waals surface area contributed by atoms with Gasteiger partial charge in [0.1, 0.15) is 12.4 Å². The lowest BCUT2D eigenvalue weighted by molar-refractivity contribution is -0.160. The number of rotatable bonds is 5. The van der Waals surface area contributed by atoms with Crippen molar-refractivity contribution in [1.82, 2.24) is 4.90 Å². The van der Waals surface area contributed by atoms with E-state index < -0.39 is 42.4 Å². The highest BCUT2D eigenvalue weighted by molar-refractivity contribution is 5.94. The summed E-state index contributed by atoms with van der Waals surface area (Å²) in [4.78, 5) is 25.3. The monoisotopic (exact) mass is 395 g/mol. The van der Waals surface area contributed by atoms with E-state index in [1.807, 2.05) is 0 Å². The number of amides is 2. The van der Waals surface area contributed by atoms with E-state index >= 15 is 0 Å². The van der Waals surface area contributed by atoms with Crippen molar-refractivity contribution < 1.29 is 31.9 Å². The maximum atomic E-state index is 13.5. The SMILES string of the molecule is O=C(CC(c1ccc(F)cc1)C(F)(F)F)N1C(=O)OC[C@H]1Cc1ccccc1. The molecular formula is C20H17F4NO3. The van der Waals surface area contributed by atoms with Crippen molar-refractivity contribution in [3.63, 3.8) is 0 Å². The molecule has 1 heterocycles. The average molecular weight is 395 g/mol. The highest BCUT2D eigenvalue weighted by atomic mass is 19.4. The Labute approximate surface area is 158 Å². The van der Waals surface area contributed by atoms with Crippen molar-refractivity contribution in [3.8, 4) is 0 Å². The first-order valence-corrected chi connectivity index (χ1v) is 8.60. The van der Waals surface area contributed by atoms with Crippen LogP contribution in [0.5, 0.6) is 0 Å². The minimum atomic E-state index is -4.73. The molecule has 0 spiro atoms. The summed E-state index contributed by atoms with van der Waals surface area (Å²) < 4.78 is 58.5. The molecule has 0 radical (unpaired) electrons. The Morgan fingerprint density at radius 2 is 1.75 bits per heavy atom. The molecule has 0 N–H and O–H groups in total. The van der Waals surface area contributed by atoms with Gasteiger partial charge in [0.25, 0.3) is 0 Å². The lowest BCUT2D eigenvalue weighted by Crippen LogP contribution is -2.41. The third kappa shape index (κ3) is 4.49. The predicted octanol–water partition coefficient (Wildman–Crippen LogP) is 4.45. The second kappa shape index (κ2) is 8.00. The fraction of sp³-hybridized carbons (Fsp3) is 0.300. The molecule has 4 nitrogen and oxygen atoms in total. The summed E-state index contributed by atoms with van der Waals surface area (Å²) in [7, 11) is 0. The van der Waals surface area contributed by atoms with E-state index in [0.29, 0.717) is 0 Å². The molecule has 2 atom stereocenters. The summed E-state index contributed by atoms with van der Waals surface area (Å²) >= 11 is 0. The number of benzene rings is 2. The van der Waals surface area contributed by atoms with Crippen molar-refractivity contribution >= 4 is 12.0 Å². The second-order valence-corrected chi connectivity index (χ2v) is 6.53. The molecule has 2 aromatic carbocycles. The zero-order chi connectivity index (χ0) is 20.3. The van der Waals surface area contributed by atoms with Crippen LogP contribution in [0.3, 0.4) is 0 Å². The van der Waals surface area contributed by atoms with Crippen molar-refractivity contribution in [2.75, 3.05) is 6.61 Å². The van der Waals surface area contributed by atoms with Gasteiger partial charge in [-0.05, 0) is 29.7 Å². The van der Waals surface area contributed by atoms with E-state index in [0.717, 1.165) is 34.7 Å². The smallest absolute Gasteiger partial charge is 0.416 e. The van der Waals surface area contributed by atoms with Gasteiger partial charge in [0.05, 0.1) is 12.0 Å². The number of nitrogens with zero attached hydrogens (tertiary/aromatic N) is 1. The van der Waals surface area contributed by atoms with Gasteiger partial charge in [-0.2, -0.15) is 13.2 Å². The molecule has 0 saturated carbocycles. The van der Waals surface area contributed by atoms with Crippen LogP contribution in [0.4, 0.5) is 22.4 Å². The van der Waals surface area contributed by atoms with Gasteiger partial charge in [0, 0.05) is 6.42 Å². The van der Waals surface area contributed by atoms with Crippen LogP contribution < -0.4 is 0 Å². The van der Waals surface area contributed by atoms with Crippen LogP contribution in [-0.2, 0) is 16.0 Å². The van der Waals surface area contributed by atoms with E-state index in [4.69, 9.17) is 4.74 Å². The molecule has 1 unspecified atom stereocenters. The lowest BCUT2D eigenvalue weighted by Gasteiger charge is -2.24. The van der Waals surface area contributed by atoms with Gasteiger partial charge in [-0.15, -0.1) is 0 Å². The molecule has 2 amide bonds. The van der Waals surface area contributed by atoms with Gasteiger partial charge in [-0.1, -0.05) is 42.5 Å². The van der Waals surface area contributed by atoms with Crippen LogP contribution >= 0.6 is 0 Å². The van der Waals surface area contributed by atoms with Crippen LogP contribution in [0.1, 0.15) is 23.5 Å². The van der Waals surface area contributed by atoms with Crippen LogP contribution in [0.15, 0.2) is 54.6 Å². The zero-order valence-corrected chi connectivity index (χ0v) is 14.7. The van der Waals surface area contributed by atoms with Gasteiger partial charge in [0.15, 0.2) is 0 Å². The standard InChI is InChI=1S/C20H17F4NO3/c21-15-8-6-14(7-9-15)17(20(22,23)24)11-18(26)25-16(12-28-19(25)27)10-13-4-2-1-3-5-13/h1-9,16-17H,10-12H2/t16-,17?/m1/s1. The quantitative estimate of drug-likeness (QED) is 0.703. The van der Waals surface area contributed by atoms with Crippen LogP contribution in [0.25, 0.3) is 0 Å². The molecule has 0 aromatic heterocycles. The Bertz CT molecular complexity index is 837. The molecule has 8 heteroatoms. The summed E-state index contributed by atoms with van der Waals surface area (Å²) in [5, 5.41) is 0. The van der Waals surface area contributed by atoms with Crippen molar-refractivity contribution in [3.05, 3.63) is 71.5 Å². The second-order valence-electron chi connectivity index (χ2n) is 6.53. The number of hydrogen-bond donors (Lipinski definition) is 0. The first-order valence-electron chi connectivity index (χ1n) is 8.60. The number of carbonyl (C=O) groups is 2. The highest BCUT2D eigenvalue weighted by Crippen LogP contribution is 2.38. The van der Waals surface area contributed by atoms with E-state index in [9.17, 15) is 27.2 Å². The normalized spacial score (nSPS) is 18.1. The fourth-order valence-electron chi connectivity index (χ4n) is 3.19. The maximum Gasteiger partial charge on any atom is 0.416 e. The Morgan fingerprint density at radius 1 is 1.11 bits per heavy atom. The fourth-order valence-corrected chi connectivity index (χ4v) is 3.19. The van der Waals surface area contributed by atoms with E-state index in [1.165, 1.54) is 0 Å². The van der Waals surface area contributed by atoms with Gasteiger partial charge < -0.3 is 4.74 Å². The predicted molar refractivity (Wildman–Crippen MR) is 91.9 cm³/mol. The minimum Gasteiger partial charge on any atom is -0.447 e. The van der Waals surface area contributed by atoms with Crippen LogP contribution in [0.2, 0.25) is 0 Å². The van der Waals surface area contributed by atoms with Gasteiger partial charge >= 0.3 is 12.3 Å². The average Bonchev–Trinajstić information content (AvgIpc) is 3.01. The zero-order valence-electron chi connectivity index (χ0n) is 14.7. The molecule has 2 aromatic rings. The van der Waals surface area contributed by atoms with Crippen LogP contribution in [0, 0.1) is 5.82 Å². The molecule has 3 rings (SSSR count). The summed E-state index contributed by atoms with van der Waals surface area (Å²) in [6.07, 6.45) is -6.36. The summed E-state index contributed by atoms with van der Waals surface area (Å²) in [5.74, 6) is -3.80. The number of alkyl halides is 3. The lowest BCUT2D eigenvalue weighted by atomic mass is 9.94. The molecule has 1 aliphatic heterocycles. The molecule has 0 bridgehead atoms. The molecule has 28 heavy (non-hydrogen) atoms. The highest BCUT2D eigenvalue weighted by Gasteiger charge is 2.45. The first kappa shape index (κ1) is 19.9. The van der Waals surface area contributed by atoms with Crippen LogP contribution in [-0.4, -0.2) is 35.7 Å². The first-order chi connectivity index (χ1) is 13.3. The van der Waals surface area contributed by atoms with E-state index in [-0.39, 0.29) is 18.6 Å². The van der Waals surface area contributed by atoms with Crippen molar-refractivity contribution in [2.24, 2.45) is 0 Å². The van der Waals surface area contributed by atoms with Crippen molar-refractivity contribution in [1.29, 1.82) is 0 Å².